The third-order valence-corrected chi connectivity index (χ3v) is 3.05. The molecule has 0 fully saturated rings. The zero-order chi connectivity index (χ0) is 14.1. The van der Waals surface area contributed by atoms with Crippen LogP contribution in [0.15, 0.2) is 35.1 Å². The number of pyridine rings is 1. The summed E-state index contributed by atoms with van der Waals surface area (Å²) in [5.74, 6) is -0.458. The summed E-state index contributed by atoms with van der Waals surface area (Å²) in [6.45, 7) is 2.72. The first-order valence-electron chi connectivity index (χ1n) is 6.34. The van der Waals surface area contributed by atoms with Crippen LogP contribution in [0, 0.1) is 0 Å². The number of aromatic carboxylic acids is 1. The normalized spacial score (nSPS) is 11.1. The number of hydrogen-bond acceptors (Lipinski definition) is 4. The van der Waals surface area contributed by atoms with Crippen molar-refractivity contribution in [2.75, 3.05) is 0 Å². The lowest BCUT2D eigenvalue weighted by molar-refractivity contribution is 0.0699. The Morgan fingerprint density at radius 2 is 2.35 bits per heavy atom. The lowest BCUT2D eigenvalue weighted by atomic mass is 10.1. The van der Waals surface area contributed by atoms with Crippen molar-refractivity contribution >= 4 is 17.0 Å². The van der Waals surface area contributed by atoms with E-state index in [0.717, 1.165) is 6.42 Å². The number of carboxylic acids is 1. The van der Waals surface area contributed by atoms with Gasteiger partial charge in [0.2, 0.25) is 0 Å². The maximum Gasteiger partial charge on any atom is 0.336 e. The van der Waals surface area contributed by atoms with Crippen LogP contribution in [0.2, 0.25) is 0 Å². The minimum absolute atomic E-state index is 0.184. The van der Waals surface area contributed by atoms with Gasteiger partial charge in [-0.2, -0.15) is 5.10 Å². The fourth-order valence-corrected chi connectivity index (χ4v) is 2.15. The average molecular weight is 271 g/mol. The molecule has 6 heteroatoms. The number of nitrogens with zero attached hydrogens (tertiary/aromatic N) is 3. The molecule has 0 atom stereocenters. The first-order chi connectivity index (χ1) is 9.70. The molecule has 0 saturated heterocycles. The minimum atomic E-state index is -0.999. The van der Waals surface area contributed by atoms with Gasteiger partial charge in [0.25, 0.3) is 0 Å². The summed E-state index contributed by atoms with van der Waals surface area (Å²) in [7, 11) is 0. The van der Waals surface area contributed by atoms with Gasteiger partial charge in [0.1, 0.15) is 5.69 Å². The smallest absolute Gasteiger partial charge is 0.336 e. The van der Waals surface area contributed by atoms with Crippen LogP contribution in [0.25, 0.3) is 22.5 Å². The molecule has 3 rings (SSSR count). The summed E-state index contributed by atoms with van der Waals surface area (Å²) >= 11 is 0. The van der Waals surface area contributed by atoms with Crippen LogP contribution in [-0.4, -0.2) is 25.8 Å². The van der Waals surface area contributed by atoms with Gasteiger partial charge in [0.15, 0.2) is 11.4 Å². The largest absolute Gasteiger partial charge is 0.478 e. The monoisotopic (exact) mass is 271 g/mol. The Hall–Kier alpha value is -2.63. The van der Waals surface area contributed by atoms with E-state index in [2.05, 4.69) is 10.1 Å². The summed E-state index contributed by atoms with van der Waals surface area (Å²) in [5, 5.41) is 14.1. The molecule has 0 radical (unpaired) electrons. The molecule has 3 aromatic heterocycles. The van der Waals surface area contributed by atoms with Gasteiger partial charge in [-0.05, 0) is 24.6 Å². The summed E-state index contributed by atoms with van der Waals surface area (Å²) < 4.78 is 7.01. The van der Waals surface area contributed by atoms with Crippen molar-refractivity contribution < 1.29 is 14.3 Å². The van der Waals surface area contributed by atoms with Crippen molar-refractivity contribution in [1.82, 2.24) is 14.8 Å². The van der Waals surface area contributed by atoms with Crippen molar-refractivity contribution in [1.29, 1.82) is 0 Å². The number of carboxylic acid groups (broad SMARTS) is 1. The summed E-state index contributed by atoms with van der Waals surface area (Å²) in [6.07, 6.45) is 3.98. The highest BCUT2D eigenvalue weighted by molar-refractivity contribution is 6.02. The predicted molar refractivity (Wildman–Crippen MR) is 72.5 cm³/mol. The highest BCUT2D eigenvalue weighted by atomic mass is 16.4. The molecule has 1 N–H and O–H groups in total. The fourth-order valence-electron chi connectivity index (χ4n) is 2.15. The molecule has 0 aliphatic carbocycles. The number of aromatic nitrogens is 3. The SMILES string of the molecule is CCCn1ncc2c(C(=O)O)cc(-c3ccco3)nc21. The van der Waals surface area contributed by atoms with E-state index >= 15 is 0 Å². The van der Waals surface area contributed by atoms with Gasteiger partial charge in [-0.1, -0.05) is 6.92 Å². The predicted octanol–water partition coefficient (Wildman–Crippen LogP) is 2.80. The Bertz CT molecular complexity index is 759. The Morgan fingerprint density at radius 1 is 1.50 bits per heavy atom. The number of rotatable bonds is 4. The van der Waals surface area contributed by atoms with Crippen molar-refractivity contribution in [3.63, 3.8) is 0 Å². The second-order valence-corrected chi connectivity index (χ2v) is 4.44. The molecule has 0 aromatic carbocycles. The molecular weight excluding hydrogens is 258 g/mol. The highest BCUT2D eigenvalue weighted by Crippen LogP contribution is 2.25. The van der Waals surface area contributed by atoms with Crippen molar-refractivity contribution in [2.24, 2.45) is 0 Å². The third-order valence-electron chi connectivity index (χ3n) is 3.05. The molecule has 3 aromatic rings. The summed E-state index contributed by atoms with van der Waals surface area (Å²) in [5.41, 5.74) is 1.25. The second kappa shape index (κ2) is 4.80. The molecule has 0 aliphatic rings. The van der Waals surface area contributed by atoms with Crippen LogP contribution in [0.3, 0.4) is 0 Å². The van der Waals surface area contributed by atoms with Crippen LogP contribution in [0.4, 0.5) is 0 Å². The van der Waals surface area contributed by atoms with Crippen LogP contribution in [-0.2, 0) is 6.54 Å². The van der Waals surface area contributed by atoms with Gasteiger partial charge in [-0.25, -0.2) is 14.5 Å². The fraction of sp³-hybridized carbons (Fsp3) is 0.214. The Morgan fingerprint density at radius 3 is 3.00 bits per heavy atom. The molecular formula is C14H13N3O3. The number of fused-ring (bicyclic) bond motifs is 1. The van der Waals surface area contributed by atoms with E-state index in [9.17, 15) is 9.90 Å². The van der Waals surface area contributed by atoms with Crippen LogP contribution >= 0.6 is 0 Å². The second-order valence-electron chi connectivity index (χ2n) is 4.44. The van der Waals surface area contributed by atoms with E-state index < -0.39 is 5.97 Å². The number of hydrogen-bond donors (Lipinski definition) is 1. The van der Waals surface area contributed by atoms with Gasteiger partial charge in [0, 0.05) is 6.54 Å². The van der Waals surface area contributed by atoms with E-state index in [1.807, 2.05) is 6.92 Å². The molecule has 102 valence electrons. The standard InChI is InChI=1S/C14H13N3O3/c1-2-5-17-13-10(8-15-17)9(14(18)19)7-11(16-13)12-4-3-6-20-12/h3-4,6-8H,2,5H2,1H3,(H,18,19). The van der Waals surface area contributed by atoms with Gasteiger partial charge in [-0.3, -0.25) is 0 Å². The lowest BCUT2D eigenvalue weighted by Crippen LogP contribution is -2.03. The van der Waals surface area contributed by atoms with E-state index in [1.54, 1.807) is 23.0 Å². The van der Waals surface area contributed by atoms with Crippen molar-refractivity contribution in [3.8, 4) is 11.5 Å². The molecule has 0 unspecified atom stereocenters. The number of aryl methyl sites for hydroxylation is 1. The molecule has 0 amide bonds. The van der Waals surface area contributed by atoms with E-state index in [1.165, 1.54) is 12.3 Å². The highest BCUT2D eigenvalue weighted by Gasteiger charge is 2.17. The molecule has 0 bridgehead atoms. The van der Waals surface area contributed by atoms with Gasteiger partial charge >= 0.3 is 5.97 Å². The van der Waals surface area contributed by atoms with E-state index in [0.29, 0.717) is 29.0 Å². The molecule has 6 nitrogen and oxygen atoms in total. The topological polar surface area (TPSA) is 81.2 Å². The lowest BCUT2D eigenvalue weighted by Gasteiger charge is -2.04. The first kappa shape index (κ1) is 12.4. The number of furan rings is 1. The van der Waals surface area contributed by atoms with E-state index in [-0.39, 0.29) is 5.56 Å². The van der Waals surface area contributed by atoms with Gasteiger partial charge in [0.05, 0.1) is 23.4 Å². The average Bonchev–Trinajstić information content (AvgIpc) is 3.07. The summed E-state index contributed by atoms with van der Waals surface area (Å²) in [4.78, 5) is 15.9. The minimum Gasteiger partial charge on any atom is -0.478 e. The van der Waals surface area contributed by atoms with Gasteiger partial charge < -0.3 is 9.52 Å². The van der Waals surface area contributed by atoms with Crippen molar-refractivity contribution in [2.45, 2.75) is 19.9 Å². The Kier molecular flexibility index (Phi) is 2.98. The molecule has 0 aliphatic heterocycles. The maximum atomic E-state index is 11.4. The van der Waals surface area contributed by atoms with Crippen LogP contribution < -0.4 is 0 Å². The Labute approximate surface area is 114 Å². The quantitative estimate of drug-likeness (QED) is 0.789. The van der Waals surface area contributed by atoms with Crippen LogP contribution in [0.5, 0.6) is 0 Å². The molecule has 0 spiro atoms. The zero-order valence-corrected chi connectivity index (χ0v) is 10.9. The third kappa shape index (κ3) is 1.95. The summed E-state index contributed by atoms with van der Waals surface area (Å²) in [6, 6.07) is 5.01. The maximum absolute atomic E-state index is 11.4. The van der Waals surface area contributed by atoms with Gasteiger partial charge in [-0.15, -0.1) is 0 Å². The van der Waals surface area contributed by atoms with Crippen LogP contribution in [0.1, 0.15) is 23.7 Å². The van der Waals surface area contributed by atoms with Crippen molar-refractivity contribution in [3.05, 3.63) is 36.2 Å². The molecule has 0 saturated carbocycles. The number of carbonyl (C=O) groups is 1. The first-order valence-corrected chi connectivity index (χ1v) is 6.34. The zero-order valence-electron chi connectivity index (χ0n) is 10.9. The molecule has 20 heavy (non-hydrogen) atoms. The van der Waals surface area contributed by atoms with E-state index in [4.69, 9.17) is 4.42 Å². The Balaban J connectivity index is 2.27. The molecule has 3 heterocycles.